The number of hydrogen-bond donors (Lipinski definition) is 1. The number of methoxy groups -OCH3 is 1. The lowest BCUT2D eigenvalue weighted by molar-refractivity contribution is -0.00251. The van der Waals surface area contributed by atoms with Gasteiger partial charge in [0.15, 0.2) is 0 Å². The summed E-state index contributed by atoms with van der Waals surface area (Å²) in [4.78, 5) is 4.17. The maximum absolute atomic E-state index is 6.24. The Balaban J connectivity index is 2.96. The monoisotopic (exact) mass is 222 g/mol. The summed E-state index contributed by atoms with van der Waals surface area (Å²) in [6, 6.07) is 1.92. The highest BCUT2D eigenvalue weighted by molar-refractivity contribution is 5.21. The van der Waals surface area contributed by atoms with Crippen LogP contribution in [0.3, 0.4) is 0 Å². The minimum atomic E-state index is -0.141. The van der Waals surface area contributed by atoms with E-state index in [2.05, 4.69) is 31.8 Å². The van der Waals surface area contributed by atoms with Gasteiger partial charge in [-0.15, -0.1) is 0 Å². The third-order valence-electron chi connectivity index (χ3n) is 2.71. The molecule has 3 nitrogen and oxygen atoms in total. The lowest BCUT2D eigenvalue weighted by Gasteiger charge is -2.34. The Hall–Kier alpha value is -0.930. The molecule has 1 aromatic heterocycles. The lowest BCUT2D eigenvalue weighted by atomic mass is 9.82. The molecule has 0 aromatic carbocycles. The molecule has 0 aliphatic rings. The normalized spacial score (nSPS) is 15.9. The van der Waals surface area contributed by atoms with Crippen LogP contribution in [-0.4, -0.2) is 18.2 Å². The van der Waals surface area contributed by atoms with Crippen LogP contribution < -0.4 is 5.73 Å². The second kappa shape index (κ2) is 4.93. The van der Waals surface area contributed by atoms with E-state index in [1.165, 1.54) is 0 Å². The number of hydrogen-bond acceptors (Lipinski definition) is 3. The van der Waals surface area contributed by atoms with E-state index >= 15 is 0 Å². The summed E-state index contributed by atoms with van der Waals surface area (Å²) < 4.78 is 5.52. The molecule has 0 saturated carbocycles. The molecule has 0 bridgehead atoms. The highest BCUT2D eigenvalue weighted by Gasteiger charge is 2.31. The lowest BCUT2D eigenvalue weighted by Crippen LogP contribution is -2.38. The molecule has 1 rings (SSSR count). The van der Waals surface area contributed by atoms with Crippen molar-refractivity contribution < 1.29 is 4.74 Å². The third-order valence-corrected chi connectivity index (χ3v) is 2.71. The number of pyridine rings is 1. The summed E-state index contributed by atoms with van der Waals surface area (Å²) >= 11 is 0. The Morgan fingerprint density at radius 1 is 1.31 bits per heavy atom. The second-order valence-corrected chi connectivity index (χ2v) is 5.34. The molecule has 0 saturated heterocycles. The van der Waals surface area contributed by atoms with E-state index in [0.717, 1.165) is 11.1 Å². The van der Waals surface area contributed by atoms with E-state index in [4.69, 9.17) is 10.5 Å². The minimum absolute atomic E-state index is 0.0118. The summed E-state index contributed by atoms with van der Waals surface area (Å²) in [5, 5.41) is 0. The molecule has 0 radical (unpaired) electrons. The predicted octanol–water partition coefficient (Wildman–Crippen LogP) is 2.45. The molecule has 0 spiro atoms. The topological polar surface area (TPSA) is 48.1 Å². The Labute approximate surface area is 98.0 Å². The highest BCUT2D eigenvalue weighted by atomic mass is 16.5. The molecule has 90 valence electrons. The van der Waals surface area contributed by atoms with Crippen LogP contribution in [0.4, 0.5) is 0 Å². The Bertz CT molecular complexity index is 344. The van der Waals surface area contributed by atoms with Gasteiger partial charge in [-0.3, -0.25) is 4.98 Å². The maximum atomic E-state index is 6.24. The van der Waals surface area contributed by atoms with Crippen molar-refractivity contribution in [3.05, 3.63) is 29.6 Å². The van der Waals surface area contributed by atoms with Crippen LogP contribution in [-0.2, 0) is 4.74 Å². The molecule has 0 aliphatic heterocycles. The number of nitrogens with zero attached hydrogens (tertiary/aromatic N) is 1. The van der Waals surface area contributed by atoms with Crippen LogP contribution in [0.2, 0.25) is 0 Å². The first-order chi connectivity index (χ1) is 7.36. The molecule has 1 heterocycles. The zero-order chi connectivity index (χ0) is 12.3. The van der Waals surface area contributed by atoms with E-state index < -0.39 is 0 Å². The molecule has 2 unspecified atom stereocenters. The van der Waals surface area contributed by atoms with Gasteiger partial charge < -0.3 is 10.5 Å². The van der Waals surface area contributed by atoms with E-state index in [0.29, 0.717) is 0 Å². The zero-order valence-corrected chi connectivity index (χ0v) is 10.8. The van der Waals surface area contributed by atoms with Crippen molar-refractivity contribution in [1.82, 2.24) is 4.98 Å². The first-order valence-electron chi connectivity index (χ1n) is 5.56. The molecule has 16 heavy (non-hydrogen) atoms. The van der Waals surface area contributed by atoms with Gasteiger partial charge >= 0.3 is 0 Å². The van der Waals surface area contributed by atoms with E-state index in [1.807, 2.05) is 19.3 Å². The van der Waals surface area contributed by atoms with Gasteiger partial charge in [0.2, 0.25) is 0 Å². The van der Waals surface area contributed by atoms with Crippen molar-refractivity contribution in [2.24, 2.45) is 11.1 Å². The van der Waals surface area contributed by atoms with Gasteiger partial charge in [0.05, 0.1) is 12.1 Å². The van der Waals surface area contributed by atoms with Gasteiger partial charge in [0.1, 0.15) is 0 Å². The molecule has 0 fully saturated rings. The quantitative estimate of drug-likeness (QED) is 0.854. The fourth-order valence-electron chi connectivity index (χ4n) is 1.97. The van der Waals surface area contributed by atoms with Crippen molar-refractivity contribution in [3.8, 4) is 0 Å². The number of rotatable bonds is 3. The Kier molecular flexibility index (Phi) is 4.05. The van der Waals surface area contributed by atoms with E-state index in [-0.39, 0.29) is 17.6 Å². The average Bonchev–Trinajstić information content (AvgIpc) is 2.16. The third kappa shape index (κ3) is 3.03. The number of ether oxygens (including phenoxy) is 1. The molecule has 0 aliphatic carbocycles. The summed E-state index contributed by atoms with van der Waals surface area (Å²) in [5.41, 5.74) is 8.40. The van der Waals surface area contributed by atoms with Crippen molar-refractivity contribution in [2.75, 3.05) is 7.11 Å². The predicted molar refractivity (Wildman–Crippen MR) is 66.2 cm³/mol. The molecule has 3 heteroatoms. The van der Waals surface area contributed by atoms with Crippen molar-refractivity contribution in [2.45, 2.75) is 39.8 Å². The molecule has 0 amide bonds. The van der Waals surface area contributed by atoms with Gasteiger partial charge in [-0.05, 0) is 23.5 Å². The number of aryl methyl sites for hydroxylation is 1. The van der Waals surface area contributed by atoms with E-state index in [9.17, 15) is 0 Å². The van der Waals surface area contributed by atoms with E-state index in [1.54, 1.807) is 7.11 Å². The second-order valence-electron chi connectivity index (χ2n) is 5.34. The van der Waals surface area contributed by atoms with Gasteiger partial charge in [-0.2, -0.15) is 0 Å². The Morgan fingerprint density at radius 3 is 2.38 bits per heavy atom. The first kappa shape index (κ1) is 13.1. The summed E-state index contributed by atoms with van der Waals surface area (Å²) in [6.07, 6.45) is 3.63. The van der Waals surface area contributed by atoms with Crippen molar-refractivity contribution >= 4 is 0 Å². The molecule has 2 atom stereocenters. The fraction of sp³-hybridized carbons (Fsp3) is 0.615. The maximum Gasteiger partial charge on any atom is 0.0812 e. The Morgan fingerprint density at radius 2 is 1.94 bits per heavy atom. The van der Waals surface area contributed by atoms with Gasteiger partial charge in [0, 0.05) is 19.5 Å². The van der Waals surface area contributed by atoms with Crippen LogP contribution >= 0.6 is 0 Å². The van der Waals surface area contributed by atoms with Crippen LogP contribution in [0.1, 0.15) is 37.9 Å². The largest absolute Gasteiger partial charge is 0.379 e. The zero-order valence-electron chi connectivity index (χ0n) is 10.8. The summed E-state index contributed by atoms with van der Waals surface area (Å²) in [7, 11) is 1.71. The van der Waals surface area contributed by atoms with Crippen LogP contribution in [0.15, 0.2) is 18.5 Å². The number of aromatic nitrogens is 1. The van der Waals surface area contributed by atoms with Gasteiger partial charge in [-0.1, -0.05) is 26.8 Å². The molecule has 1 aromatic rings. The number of nitrogens with two attached hydrogens (primary N) is 1. The van der Waals surface area contributed by atoms with Crippen molar-refractivity contribution in [1.29, 1.82) is 0 Å². The smallest absolute Gasteiger partial charge is 0.0812 e. The fourth-order valence-corrected chi connectivity index (χ4v) is 1.97. The first-order valence-corrected chi connectivity index (χ1v) is 5.56. The summed E-state index contributed by atoms with van der Waals surface area (Å²) in [6.45, 7) is 8.40. The van der Waals surface area contributed by atoms with Gasteiger partial charge in [-0.25, -0.2) is 0 Å². The summed E-state index contributed by atoms with van der Waals surface area (Å²) in [5.74, 6) is 0. The van der Waals surface area contributed by atoms with Gasteiger partial charge in [0.25, 0.3) is 0 Å². The molecule has 2 N–H and O–H groups in total. The minimum Gasteiger partial charge on any atom is -0.379 e. The van der Waals surface area contributed by atoms with Crippen molar-refractivity contribution in [3.63, 3.8) is 0 Å². The van der Waals surface area contributed by atoms with Crippen LogP contribution in [0, 0.1) is 12.3 Å². The van der Waals surface area contributed by atoms with Crippen LogP contribution in [0.5, 0.6) is 0 Å². The highest BCUT2D eigenvalue weighted by Crippen LogP contribution is 2.30. The standard InChI is InChI=1S/C13H22N2O/c1-9-6-10(8-15-7-9)11(14)12(16-5)13(2,3)4/h6-8,11-12H,14H2,1-5H3. The average molecular weight is 222 g/mol. The molecular formula is C13H22N2O. The van der Waals surface area contributed by atoms with Crippen LogP contribution in [0.25, 0.3) is 0 Å². The molecular weight excluding hydrogens is 200 g/mol. The SMILES string of the molecule is COC(C(N)c1cncc(C)c1)C(C)(C)C.